The minimum atomic E-state index is 0.0266. The predicted molar refractivity (Wildman–Crippen MR) is 64.2 cm³/mol. The van der Waals surface area contributed by atoms with E-state index in [-0.39, 0.29) is 6.10 Å². The van der Waals surface area contributed by atoms with E-state index in [0.29, 0.717) is 6.54 Å². The lowest BCUT2D eigenvalue weighted by Crippen LogP contribution is -2.03. The summed E-state index contributed by atoms with van der Waals surface area (Å²) < 4.78 is 5.79. The Labute approximate surface area is 95.2 Å². The third-order valence-corrected chi connectivity index (χ3v) is 2.53. The van der Waals surface area contributed by atoms with E-state index in [4.69, 9.17) is 10.5 Å². The molecule has 0 aliphatic rings. The van der Waals surface area contributed by atoms with Gasteiger partial charge in [0, 0.05) is 12.7 Å². The molecule has 0 radical (unpaired) electrons. The van der Waals surface area contributed by atoms with Crippen molar-refractivity contribution in [3.63, 3.8) is 0 Å². The molecule has 16 heavy (non-hydrogen) atoms. The molecule has 1 heterocycles. The van der Waals surface area contributed by atoms with E-state index in [9.17, 15) is 0 Å². The molecule has 3 heteroatoms. The van der Waals surface area contributed by atoms with Crippen LogP contribution < -0.4 is 10.5 Å². The highest BCUT2D eigenvalue weighted by atomic mass is 16.5. The van der Waals surface area contributed by atoms with Gasteiger partial charge in [-0.15, -0.1) is 0 Å². The van der Waals surface area contributed by atoms with Crippen molar-refractivity contribution in [2.75, 3.05) is 0 Å². The molecule has 0 fully saturated rings. The molecule has 0 aliphatic heterocycles. The summed E-state index contributed by atoms with van der Waals surface area (Å²) in [6, 6.07) is 11.8. The first-order valence-electron chi connectivity index (χ1n) is 5.38. The maximum absolute atomic E-state index is 5.79. The van der Waals surface area contributed by atoms with Gasteiger partial charge >= 0.3 is 0 Å². The number of H-pyrrole nitrogens is 1. The van der Waals surface area contributed by atoms with Crippen molar-refractivity contribution in [1.82, 2.24) is 4.98 Å². The molecule has 1 aromatic carbocycles. The SMILES string of the molecule is CC(Oc1ccc(CN)cc1)c1ccc[nH]1. The van der Waals surface area contributed by atoms with Crippen LogP contribution in [-0.4, -0.2) is 4.98 Å². The monoisotopic (exact) mass is 216 g/mol. The van der Waals surface area contributed by atoms with Gasteiger partial charge in [-0.05, 0) is 36.8 Å². The molecule has 0 saturated carbocycles. The van der Waals surface area contributed by atoms with Crippen LogP contribution in [0.5, 0.6) is 5.75 Å². The Kier molecular flexibility index (Phi) is 3.27. The molecule has 1 aromatic heterocycles. The van der Waals surface area contributed by atoms with Crippen molar-refractivity contribution in [2.24, 2.45) is 5.73 Å². The molecule has 0 bridgehead atoms. The molecule has 0 saturated heterocycles. The molecular weight excluding hydrogens is 200 g/mol. The van der Waals surface area contributed by atoms with Gasteiger partial charge in [0.1, 0.15) is 11.9 Å². The Morgan fingerprint density at radius 2 is 2.00 bits per heavy atom. The van der Waals surface area contributed by atoms with E-state index < -0.39 is 0 Å². The highest BCUT2D eigenvalue weighted by Crippen LogP contribution is 2.20. The van der Waals surface area contributed by atoms with Gasteiger partial charge in [0.15, 0.2) is 0 Å². The summed E-state index contributed by atoms with van der Waals surface area (Å²) >= 11 is 0. The predicted octanol–water partition coefficient (Wildman–Crippen LogP) is 2.61. The van der Waals surface area contributed by atoms with Gasteiger partial charge in [0.2, 0.25) is 0 Å². The van der Waals surface area contributed by atoms with Crippen LogP contribution in [0, 0.1) is 0 Å². The van der Waals surface area contributed by atoms with Crippen molar-refractivity contribution < 1.29 is 4.74 Å². The Bertz CT molecular complexity index is 420. The van der Waals surface area contributed by atoms with Crippen molar-refractivity contribution in [3.05, 3.63) is 53.9 Å². The van der Waals surface area contributed by atoms with Crippen molar-refractivity contribution in [2.45, 2.75) is 19.6 Å². The van der Waals surface area contributed by atoms with Gasteiger partial charge in [-0.1, -0.05) is 12.1 Å². The molecule has 0 spiro atoms. The van der Waals surface area contributed by atoms with E-state index in [0.717, 1.165) is 17.0 Å². The number of hydrogen-bond acceptors (Lipinski definition) is 2. The summed E-state index contributed by atoms with van der Waals surface area (Å²) in [5, 5.41) is 0. The largest absolute Gasteiger partial charge is 0.485 e. The van der Waals surface area contributed by atoms with Crippen LogP contribution >= 0.6 is 0 Å². The number of nitrogens with two attached hydrogens (primary N) is 1. The van der Waals surface area contributed by atoms with E-state index in [2.05, 4.69) is 4.98 Å². The highest BCUT2D eigenvalue weighted by molar-refractivity contribution is 5.27. The second-order valence-corrected chi connectivity index (χ2v) is 3.73. The van der Waals surface area contributed by atoms with Crippen LogP contribution in [0.1, 0.15) is 24.3 Å². The van der Waals surface area contributed by atoms with Crippen molar-refractivity contribution in [1.29, 1.82) is 0 Å². The molecular formula is C13H16N2O. The summed E-state index contributed by atoms with van der Waals surface area (Å²) in [5.41, 5.74) is 7.72. The lowest BCUT2D eigenvalue weighted by Gasteiger charge is -2.13. The Morgan fingerprint density at radius 1 is 1.25 bits per heavy atom. The summed E-state index contributed by atoms with van der Waals surface area (Å²) in [4.78, 5) is 3.13. The second-order valence-electron chi connectivity index (χ2n) is 3.73. The number of ether oxygens (including phenoxy) is 1. The van der Waals surface area contributed by atoms with Crippen LogP contribution in [0.2, 0.25) is 0 Å². The van der Waals surface area contributed by atoms with Crippen molar-refractivity contribution >= 4 is 0 Å². The van der Waals surface area contributed by atoms with Crippen molar-refractivity contribution in [3.8, 4) is 5.75 Å². The summed E-state index contributed by atoms with van der Waals surface area (Å²) in [6.45, 7) is 2.58. The molecule has 84 valence electrons. The average molecular weight is 216 g/mol. The molecule has 1 atom stereocenters. The number of nitrogens with one attached hydrogen (secondary N) is 1. The van der Waals surface area contributed by atoms with Gasteiger partial charge in [-0.3, -0.25) is 0 Å². The minimum absolute atomic E-state index is 0.0266. The summed E-state index contributed by atoms with van der Waals surface area (Å²) in [7, 11) is 0. The first-order chi connectivity index (χ1) is 7.79. The fourth-order valence-corrected chi connectivity index (χ4v) is 1.57. The lowest BCUT2D eigenvalue weighted by atomic mass is 10.2. The zero-order valence-electron chi connectivity index (χ0n) is 9.31. The average Bonchev–Trinajstić information content (AvgIpc) is 2.83. The van der Waals surface area contributed by atoms with E-state index >= 15 is 0 Å². The zero-order chi connectivity index (χ0) is 11.4. The van der Waals surface area contributed by atoms with Crippen LogP contribution in [-0.2, 0) is 6.54 Å². The van der Waals surface area contributed by atoms with Crippen LogP contribution in [0.4, 0.5) is 0 Å². The number of rotatable bonds is 4. The zero-order valence-corrected chi connectivity index (χ0v) is 9.31. The smallest absolute Gasteiger partial charge is 0.136 e. The van der Waals surface area contributed by atoms with E-state index in [1.807, 2.05) is 49.5 Å². The van der Waals surface area contributed by atoms with Crippen LogP contribution in [0.25, 0.3) is 0 Å². The maximum Gasteiger partial charge on any atom is 0.136 e. The number of aromatic amines is 1. The maximum atomic E-state index is 5.79. The topological polar surface area (TPSA) is 51.0 Å². The summed E-state index contributed by atoms with van der Waals surface area (Å²) in [6.07, 6.45) is 1.92. The van der Waals surface area contributed by atoms with Crippen LogP contribution in [0.3, 0.4) is 0 Å². The first kappa shape index (κ1) is 10.8. The molecule has 3 N–H and O–H groups in total. The molecule has 3 nitrogen and oxygen atoms in total. The standard InChI is InChI=1S/C13H16N2O/c1-10(13-3-2-8-15-13)16-12-6-4-11(9-14)5-7-12/h2-8,10,15H,9,14H2,1H3. The van der Waals surface area contributed by atoms with Gasteiger partial charge < -0.3 is 15.5 Å². The quantitative estimate of drug-likeness (QED) is 0.825. The molecule has 2 rings (SSSR count). The van der Waals surface area contributed by atoms with E-state index in [1.165, 1.54) is 0 Å². The number of hydrogen-bond donors (Lipinski definition) is 2. The third kappa shape index (κ3) is 2.44. The van der Waals surface area contributed by atoms with Gasteiger partial charge in [0.05, 0.1) is 5.69 Å². The van der Waals surface area contributed by atoms with E-state index in [1.54, 1.807) is 0 Å². The highest BCUT2D eigenvalue weighted by Gasteiger charge is 2.07. The molecule has 0 aliphatic carbocycles. The fraction of sp³-hybridized carbons (Fsp3) is 0.231. The summed E-state index contributed by atoms with van der Waals surface area (Å²) in [5.74, 6) is 0.860. The minimum Gasteiger partial charge on any atom is -0.485 e. The molecule has 1 unspecified atom stereocenters. The normalized spacial score (nSPS) is 12.4. The number of benzene rings is 1. The lowest BCUT2D eigenvalue weighted by molar-refractivity contribution is 0.222. The second kappa shape index (κ2) is 4.86. The fourth-order valence-electron chi connectivity index (χ4n) is 1.57. The Morgan fingerprint density at radius 3 is 2.56 bits per heavy atom. The Balaban J connectivity index is 2.03. The third-order valence-electron chi connectivity index (χ3n) is 2.53. The van der Waals surface area contributed by atoms with Crippen LogP contribution in [0.15, 0.2) is 42.6 Å². The van der Waals surface area contributed by atoms with Gasteiger partial charge in [-0.25, -0.2) is 0 Å². The molecule has 0 amide bonds. The van der Waals surface area contributed by atoms with Gasteiger partial charge in [0.25, 0.3) is 0 Å². The molecule has 2 aromatic rings. The first-order valence-corrected chi connectivity index (χ1v) is 5.38. The Hall–Kier alpha value is -1.74. The number of aromatic nitrogens is 1. The van der Waals surface area contributed by atoms with Gasteiger partial charge in [-0.2, -0.15) is 0 Å².